The van der Waals surface area contributed by atoms with Gasteiger partial charge in [0, 0.05) is 45.7 Å². The van der Waals surface area contributed by atoms with E-state index >= 15 is 0 Å². The summed E-state index contributed by atoms with van der Waals surface area (Å²) >= 11 is 0. The third-order valence-electron chi connectivity index (χ3n) is 5.12. The minimum absolute atomic E-state index is 0.846. The SMILES string of the molecule is C1=c2/cccc/c2=N/C=c2/cccc/c2=N\C=c2\cccc\c2=N/C=c2/cccc/c2=N/1. The van der Waals surface area contributed by atoms with E-state index in [9.17, 15) is 0 Å². The second-order valence-corrected chi connectivity index (χ2v) is 7.27. The van der Waals surface area contributed by atoms with Crippen LogP contribution < -0.4 is 42.3 Å². The smallest absolute Gasteiger partial charge is 0.0717 e. The normalized spacial score (nSPS) is 21.0. The highest BCUT2D eigenvalue weighted by Gasteiger charge is 1.90. The molecule has 0 radical (unpaired) electrons. The van der Waals surface area contributed by atoms with Crippen molar-refractivity contribution in [2.75, 3.05) is 0 Å². The quantitative estimate of drug-likeness (QED) is 0.397. The third-order valence-corrected chi connectivity index (χ3v) is 5.12. The van der Waals surface area contributed by atoms with Gasteiger partial charge in [0.2, 0.25) is 0 Å². The monoisotopic (exact) mass is 412 g/mol. The van der Waals surface area contributed by atoms with Crippen LogP contribution in [0.3, 0.4) is 0 Å². The Morgan fingerprint density at radius 1 is 0.281 bits per heavy atom. The lowest BCUT2D eigenvalue weighted by Gasteiger charge is -1.92. The lowest BCUT2D eigenvalue weighted by atomic mass is 10.2. The van der Waals surface area contributed by atoms with E-state index in [0.717, 1.165) is 42.3 Å². The molecule has 0 amide bonds. The van der Waals surface area contributed by atoms with Crippen LogP contribution in [0.15, 0.2) is 117 Å². The van der Waals surface area contributed by atoms with Crippen molar-refractivity contribution in [1.29, 1.82) is 0 Å². The average Bonchev–Trinajstić information content (AvgIpc) is 2.85. The fraction of sp³-hybridized carbons (Fsp3) is 0. The fourth-order valence-electron chi connectivity index (χ4n) is 3.41. The zero-order chi connectivity index (χ0) is 21.6. The highest BCUT2D eigenvalue weighted by molar-refractivity contribution is 5.31. The molecule has 152 valence electrons. The van der Waals surface area contributed by atoms with E-state index in [2.05, 4.69) is 0 Å². The van der Waals surface area contributed by atoms with E-state index < -0.39 is 0 Å². The van der Waals surface area contributed by atoms with Gasteiger partial charge in [-0.25, -0.2) is 0 Å². The molecule has 0 fully saturated rings. The Bertz CT molecular complexity index is 1380. The Morgan fingerprint density at radius 2 is 0.500 bits per heavy atom. The van der Waals surface area contributed by atoms with Crippen molar-refractivity contribution >= 4 is 24.8 Å². The molecule has 5 rings (SSSR count). The molecule has 0 atom stereocenters. The maximum Gasteiger partial charge on any atom is 0.0717 e. The summed E-state index contributed by atoms with van der Waals surface area (Å²) in [5.41, 5.74) is 0. The van der Waals surface area contributed by atoms with Crippen LogP contribution in [0, 0.1) is 0 Å². The minimum atomic E-state index is 0.846. The highest BCUT2D eigenvalue weighted by Crippen LogP contribution is 1.80. The first-order chi connectivity index (χ1) is 15.9. The average molecular weight is 412 g/mol. The predicted octanol–water partition coefficient (Wildman–Crippen LogP) is 0.231. The maximum absolute atomic E-state index is 4.74. The van der Waals surface area contributed by atoms with Gasteiger partial charge in [0.1, 0.15) is 0 Å². The van der Waals surface area contributed by atoms with Crippen molar-refractivity contribution in [2.45, 2.75) is 0 Å². The summed E-state index contributed by atoms with van der Waals surface area (Å²) in [6.07, 6.45) is 7.40. The lowest BCUT2D eigenvalue weighted by molar-refractivity contribution is 1.27. The fourth-order valence-corrected chi connectivity index (χ4v) is 3.41. The number of hydrogen-bond donors (Lipinski definition) is 0. The van der Waals surface area contributed by atoms with Crippen molar-refractivity contribution in [3.63, 3.8) is 0 Å². The molecular formula is C28H20N4. The first-order valence-electron chi connectivity index (χ1n) is 10.4. The molecule has 0 aromatic heterocycles. The second-order valence-electron chi connectivity index (χ2n) is 7.27. The van der Waals surface area contributed by atoms with Gasteiger partial charge in [-0.05, 0) is 24.3 Å². The minimum Gasteiger partial charge on any atom is -0.256 e. The number of fused-ring (bicyclic) bond motifs is 4. The van der Waals surface area contributed by atoms with E-state index in [1.807, 2.05) is 122 Å². The summed E-state index contributed by atoms with van der Waals surface area (Å²) in [5.74, 6) is 0. The van der Waals surface area contributed by atoms with Crippen molar-refractivity contribution in [3.05, 3.63) is 139 Å². The molecule has 4 heteroatoms. The topological polar surface area (TPSA) is 49.4 Å². The van der Waals surface area contributed by atoms with Crippen LogP contribution in [0.5, 0.6) is 0 Å². The Kier molecular flexibility index (Phi) is 5.58. The van der Waals surface area contributed by atoms with Crippen LogP contribution in [-0.4, -0.2) is 0 Å². The highest BCUT2D eigenvalue weighted by atomic mass is 14.7. The molecule has 0 unspecified atom stereocenters. The molecule has 0 N–H and O–H groups in total. The van der Waals surface area contributed by atoms with Crippen LogP contribution in [0.1, 0.15) is 0 Å². The first kappa shape index (κ1) is 19.5. The number of nitrogens with zero attached hydrogens (tertiary/aromatic N) is 4. The number of para-hydroxylation sites is 4. The molecular weight excluding hydrogens is 392 g/mol. The van der Waals surface area contributed by atoms with Crippen LogP contribution in [0.25, 0.3) is 24.8 Å². The molecule has 1 aliphatic heterocycles. The third kappa shape index (κ3) is 4.35. The molecule has 4 aromatic rings. The largest absolute Gasteiger partial charge is 0.256 e. The van der Waals surface area contributed by atoms with Gasteiger partial charge in [-0.1, -0.05) is 72.8 Å². The van der Waals surface area contributed by atoms with Gasteiger partial charge in [-0.15, -0.1) is 0 Å². The summed E-state index contributed by atoms with van der Waals surface area (Å²) in [6, 6.07) is 31.8. The van der Waals surface area contributed by atoms with Crippen molar-refractivity contribution in [2.24, 2.45) is 20.0 Å². The summed E-state index contributed by atoms with van der Waals surface area (Å²) in [6.45, 7) is 0. The van der Waals surface area contributed by atoms with Gasteiger partial charge in [0.15, 0.2) is 0 Å². The van der Waals surface area contributed by atoms with Crippen molar-refractivity contribution in [1.82, 2.24) is 0 Å². The number of hydrogen-bond acceptors (Lipinski definition) is 4. The van der Waals surface area contributed by atoms with Crippen molar-refractivity contribution in [3.8, 4) is 0 Å². The van der Waals surface area contributed by atoms with Gasteiger partial charge < -0.3 is 0 Å². The molecule has 1 heterocycles. The molecule has 1 aliphatic rings. The molecule has 0 aliphatic carbocycles. The first-order valence-corrected chi connectivity index (χ1v) is 10.4. The zero-order valence-electron chi connectivity index (χ0n) is 17.3. The maximum atomic E-state index is 4.74. The molecule has 0 saturated carbocycles. The standard InChI is InChI=1S/C28H20N4/c1-5-13-25-21(9-1)17-29-26-14-6-2-11-23(26)19-31-28-16-8-4-12-24(28)20-32-27-15-7-3-10-22(27)18-30-25/h1-20H/b21-17-,22-18-,23-19-,24-20-,29-17?,29-26-,30-18?,30-25-,31-19?,31-28+,32-20?,32-27+. The summed E-state index contributed by atoms with van der Waals surface area (Å²) < 4.78 is 0. The number of benzene rings is 4. The molecule has 0 bridgehead atoms. The molecule has 0 saturated heterocycles. The molecule has 4 aromatic carbocycles. The van der Waals surface area contributed by atoms with Crippen LogP contribution >= 0.6 is 0 Å². The Morgan fingerprint density at radius 3 is 0.750 bits per heavy atom. The van der Waals surface area contributed by atoms with Gasteiger partial charge in [-0.3, -0.25) is 20.0 Å². The summed E-state index contributed by atoms with van der Waals surface area (Å²) in [4.78, 5) is 19.0. The number of rotatable bonds is 0. The summed E-state index contributed by atoms with van der Waals surface area (Å²) in [7, 11) is 0. The predicted molar refractivity (Wildman–Crippen MR) is 127 cm³/mol. The van der Waals surface area contributed by atoms with Crippen LogP contribution in [0.4, 0.5) is 0 Å². The van der Waals surface area contributed by atoms with E-state index in [1.54, 1.807) is 0 Å². The van der Waals surface area contributed by atoms with Gasteiger partial charge in [0.25, 0.3) is 0 Å². The Labute approximate surface area is 184 Å². The lowest BCUT2D eigenvalue weighted by Crippen LogP contribution is -2.29. The van der Waals surface area contributed by atoms with E-state index in [-0.39, 0.29) is 0 Å². The molecule has 0 spiro atoms. The van der Waals surface area contributed by atoms with Gasteiger partial charge >= 0.3 is 0 Å². The molecule has 4 nitrogen and oxygen atoms in total. The molecule has 32 heavy (non-hydrogen) atoms. The zero-order valence-corrected chi connectivity index (χ0v) is 17.3. The van der Waals surface area contributed by atoms with E-state index in [1.165, 1.54) is 0 Å². The Balaban J connectivity index is 1.94. The Hall–Kier alpha value is -4.44. The van der Waals surface area contributed by atoms with Crippen LogP contribution in [-0.2, 0) is 0 Å². The van der Waals surface area contributed by atoms with Gasteiger partial charge in [0.05, 0.1) is 21.4 Å². The van der Waals surface area contributed by atoms with E-state index in [0.29, 0.717) is 0 Å². The van der Waals surface area contributed by atoms with Gasteiger partial charge in [-0.2, -0.15) is 0 Å². The van der Waals surface area contributed by atoms with E-state index in [4.69, 9.17) is 20.0 Å². The summed E-state index contributed by atoms with van der Waals surface area (Å²) in [5, 5.41) is 7.14. The van der Waals surface area contributed by atoms with Crippen LogP contribution in [0.2, 0.25) is 0 Å². The second kappa shape index (κ2) is 9.14. The van der Waals surface area contributed by atoms with Crippen molar-refractivity contribution < 1.29 is 0 Å².